The second-order valence-corrected chi connectivity index (χ2v) is 6.78. The summed E-state index contributed by atoms with van der Waals surface area (Å²) in [5.74, 6) is 1.52. The molecule has 2 aromatic carbocycles. The predicted molar refractivity (Wildman–Crippen MR) is 106 cm³/mol. The van der Waals surface area contributed by atoms with Crippen LogP contribution in [0.4, 0.5) is 4.79 Å². The first-order chi connectivity index (χ1) is 13.2. The third-order valence-electron chi connectivity index (χ3n) is 5.07. The fourth-order valence-corrected chi connectivity index (χ4v) is 3.66. The first-order valence-electron chi connectivity index (χ1n) is 9.53. The standard InChI is InChI=1S/C22H28N2O3/c1-26-18-12-13-19(21(16-18)27-2)20-11-7-15-24(20)22(25)23-14-6-10-17-8-4-3-5-9-17/h3-5,8-9,12-13,16,20H,6-7,10-11,14-15H2,1-2H3,(H,23,25). The van der Waals surface area contributed by atoms with E-state index in [0.29, 0.717) is 6.54 Å². The van der Waals surface area contributed by atoms with E-state index in [1.165, 1.54) is 5.56 Å². The third-order valence-corrected chi connectivity index (χ3v) is 5.07. The first kappa shape index (κ1) is 19.1. The van der Waals surface area contributed by atoms with E-state index in [1.54, 1.807) is 14.2 Å². The molecule has 1 aliphatic rings. The number of likely N-dealkylation sites (tertiary alicyclic amines) is 1. The molecule has 0 spiro atoms. The van der Waals surface area contributed by atoms with Crippen molar-refractivity contribution in [1.82, 2.24) is 10.2 Å². The summed E-state index contributed by atoms with van der Waals surface area (Å²) in [5.41, 5.74) is 2.34. The van der Waals surface area contributed by atoms with Crippen molar-refractivity contribution >= 4 is 6.03 Å². The van der Waals surface area contributed by atoms with Gasteiger partial charge in [0.25, 0.3) is 0 Å². The highest BCUT2D eigenvalue weighted by Crippen LogP contribution is 2.38. The number of rotatable bonds is 7. The van der Waals surface area contributed by atoms with E-state index in [1.807, 2.05) is 41.3 Å². The van der Waals surface area contributed by atoms with Gasteiger partial charge in [0.2, 0.25) is 0 Å². The highest BCUT2D eigenvalue weighted by atomic mass is 16.5. The van der Waals surface area contributed by atoms with Crippen LogP contribution in [0.15, 0.2) is 48.5 Å². The number of hydrogen-bond donors (Lipinski definition) is 1. The number of nitrogens with one attached hydrogen (secondary N) is 1. The monoisotopic (exact) mass is 368 g/mol. The van der Waals surface area contributed by atoms with Crippen LogP contribution >= 0.6 is 0 Å². The zero-order valence-electron chi connectivity index (χ0n) is 16.1. The molecule has 0 aliphatic carbocycles. The van der Waals surface area contributed by atoms with Gasteiger partial charge in [-0.15, -0.1) is 0 Å². The lowest BCUT2D eigenvalue weighted by molar-refractivity contribution is 0.192. The Bertz CT molecular complexity index is 748. The summed E-state index contributed by atoms with van der Waals surface area (Å²) in [6.07, 6.45) is 3.84. The Hall–Kier alpha value is -2.69. The molecule has 0 aromatic heterocycles. The number of ether oxygens (including phenoxy) is 2. The molecule has 0 saturated carbocycles. The zero-order valence-corrected chi connectivity index (χ0v) is 16.1. The summed E-state index contributed by atoms with van der Waals surface area (Å²) >= 11 is 0. The van der Waals surface area contributed by atoms with Crippen LogP contribution in [-0.4, -0.2) is 38.2 Å². The molecule has 3 rings (SSSR count). The van der Waals surface area contributed by atoms with Crippen LogP contribution in [0.5, 0.6) is 11.5 Å². The number of amides is 2. The number of carbonyl (C=O) groups excluding carboxylic acids is 1. The van der Waals surface area contributed by atoms with E-state index in [0.717, 1.165) is 49.3 Å². The minimum Gasteiger partial charge on any atom is -0.497 e. The molecular formula is C22H28N2O3. The molecule has 1 saturated heterocycles. The highest BCUT2D eigenvalue weighted by Gasteiger charge is 2.31. The van der Waals surface area contributed by atoms with Gasteiger partial charge in [0.05, 0.1) is 20.3 Å². The van der Waals surface area contributed by atoms with E-state index in [4.69, 9.17) is 9.47 Å². The number of methoxy groups -OCH3 is 2. The van der Waals surface area contributed by atoms with Crippen LogP contribution in [-0.2, 0) is 6.42 Å². The molecule has 27 heavy (non-hydrogen) atoms. The normalized spacial score (nSPS) is 16.2. The van der Waals surface area contributed by atoms with Crippen molar-refractivity contribution in [3.63, 3.8) is 0 Å². The Morgan fingerprint density at radius 1 is 1.15 bits per heavy atom. The second-order valence-electron chi connectivity index (χ2n) is 6.78. The van der Waals surface area contributed by atoms with Crippen LogP contribution in [0, 0.1) is 0 Å². The van der Waals surface area contributed by atoms with Gasteiger partial charge in [-0.25, -0.2) is 4.79 Å². The lowest BCUT2D eigenvalue weighted by Gasteiger charge is -2.26. The predicted octanol–water partition coefficient (Wildman–Crippen LogP) is 4.18. The molecule has 1 fully saturated rings. The molecule has 1 N–H and O–H groups in total. The average Bonchev–Trinajstić information content (AvgIpc) is 3.21. The largest absolute Gasteiger partial charge is 0.497 e. The highest BCUT2D eigenvalue weighted by molar-refractivity contribution is 5.75. The maximum absolute atomic E-state index is 12.7. The Balaban J connectivity index is 1.58. The third kappa shape index (κ3) is 4.73. The lowest BCUT2D eigenvalue weighted by atomic mass is 10.0. The number of nitrogens with zero attached hydrogens (tertiary/aromatic N) is 1. The number of hydrogen-bond acceptors (Lipinski definition) is 3. The lowest BCUT2D eigenvalue weighted by Crippen LogP contribution is -2.40. The summed E-state index contributed by atoms with van der Waals surface area (Å²) in [5, 5.41) is 3.08. The van der Waals surface area contributed by atoms with Crippen molar-refractivity contribution in [1.29, 1.82) is 0 Å². The Morgan fingerprint density at radius 2 is 1.96 bits per heavy atom. The maximum Gasteiger partial charge on any atom is 0.317 e. The van der Waals surface area contributed by atoms with Crippen molar-refractivity contribution in [3.05, 3.63) is 59.7 Å². The van der Waals surface area contributed by atoms with E-state index >= 15 is 0 Å². The molecule has 1 atom stereocenters. The number of carbonyl (C=O) groups is 1. The van der Waals surface area contributed by atoms with Crippen molar-refractivity contribution in [2.24, 2.45) is 0 Å². The fourth-order valence-electron chi connectivity index (χ4n) is 3.66. The zero-order chi connectivity index (χ0) is 19.1. The number of urea groups is 1. The first-order valence-corrected chi connectivity index (χ1v) is 9.53. The average molecular weight is 368 g/mol. The molecular weight excluding hydrogens is 340 g/mol. The fraction of sp³-hybridized carbons (Fsp3) is 0.409. The smallest absolute Gasteiger partial charge is 0.317 e. The molecule has 2 aromatic rings. The van der Waals surface area contributed by atoms with Crippen molar-refractivity contribution in [2.75, 3.05) is 27.3 Å². The van der Waals surface area contributed by atoms with E-state index in [-0.39, 0.29) is 12.1 Å². The Labute approximate surface area is 161 Å². The molecule has 0 radical (unpaired) electrons. The number of aryl methyl sites for hydroxylation is 1. The minimum atomic E-state index is 0.00318. The SMILES string of the molecule is COc1ccc(C2CCCN2C(=O)NCCCc2ccccc2)c(OC)c1. The molecule has 0 bridgehead atoms. The molecule has 5 nitrogen and oxygen atoms in total. The van der Waals surface area contributed by atoms with Crippen LogP contribution < -0.4 is 14.8 Å². The van der Waals surface area contributed by atoms with Crippen molar-refractivity contribution in [3.8, 4) is 11.5 Å². The van der Waals surface area contributed by atoms with Crippen LogP contribution in [0.2, 0.25) is 0 Å². The molecule has 1 unspecified atom stereocenters. The number of benzene rings is 2. The van der Waals surface area contributed by atoms with E-state index in [2.05, 4.69) is 17.4 Å². The summed E-state index contributed by atoms with van der Waals surface area (Å²) < 4.78 is 10.8. The van der Waals surface area contributed by atoms with Gasteiger partial charge in [-0.05, 0) is 43.4 Å². The van der Waals surface area contributed by atoms with Gasteiger partial charge in [-0.2, -0.15) is 0 Å². The van der Waals surface area contributed by atoms with Gasteiger partial charge in [-0.3, -0.25) is 0 Å². The van der Waals surface area contributed by atoms with Gasteiger partial charge >= 0.3 is 6.03 Å². The van der Waals surface area contributed by atoms with Crippen molar-refractivity contribution in [2.45, 2.75) is 31.7 Å². The quantitative estimate of drug-likeness (QED) is 0.746. The summed E-state index contributed by atoms with van der Waals surface area (Å²) in [6.45, 7) is 1.45. The molecule has 5 heteroatoms. The molecule has 1 heterocycles. The van der Waals surface area contributed by atoms with Gasteiger partial charge < -0.3 is 19.7 Å². The van der Waals surface area contributed by atoms with Gasteiger partial charge in [-0.1, -0.05) is 30.3 Å². The van der Waals surface area contributed by atoms with Gasteiger partial charge in [0, 0.05) is 24.7 Å². The second kappa shape index (κ2) is 9.31. The van der Waals surface area contributed by atoms with Gasteiger partial charge in [0.1, 0.15) is 11.5 Å². The molecule has 144 valence electrons. The van der Waals surface area contributed by atoms with E-state index < -0.39 is 0 Å². The van der Waals surface area contributed by atoms with Crippen LogP contribution in [0.25, 0.3) is 0 Å². The van der Waals surface area contributed by atoms with Crippen LogP contribution in [0.3, 0.4) is 0 Å². The van der Waals surface area contributed by atoms with Gasteiger partial charge in [0.15, 0.2) is 0 Å². The van der Waals surface area contributed by atoms with Crippen LogP contribution in [0.1, 0.15) is 36.4 Å². The van der Waals surface area contributed by atoms with E-state index in [9.17, 15) is 4.79 Å². The molecule has 1 aliphatic heterocycles. The Kier molecular flexibility index (Phi) is 6.58. The summed E-state index contributed by atoms with van der Waals surface area (Å²) in [6, 6.07) is 16.2. The van der Waals surface area contributed by atoms with Crippen molar-refractivity contribution < 1.29 is 14.3 Å². The Morgan fingerprint density at radius 3 is 2.70 bits per heavy atom. The molecule has 2 amide bonds. The minimum absolute atomic E-state index is 0.00318. The summed E-state index contributed by atoms with van der Waals surface area (Å²) in [4.78, 5) is 14.6. The summed E-state index contributed by atoms with van der Waals surface area (Å²) in [7, 11) is 3.29. The topological polar surface area (TPSA) is 50.8 Å². The maximum atomic E-state index is 12.7.